The summed E-state index contributed by atoms with van der Waals surface area (Å²) in [5, 5.41) is 11.0. The standard InChI is InChI=1S/C15H14ClFN2O5S/c1-3-18(14-8-10(19(20)21)4-6-12(14)16)25(22,23)11-5-7-15(24-2)13(17)9-11/h4-9H,3H2,1-2H3. The van der Waals surface area contributed by atoms with E-state index < -0.39 is 20.8 Å². The minimum Gasteiger partial charge on any atom is -0.494 e. The molecule has 0 bridgehead atoms. The molecule has 0 unspecified atom stereocenters. The Balaban J connectivity index is 2.58. The Hall–Kier alpha value is -2.39. The highest BCUT2D eigenvalue weighted by atomic mass is 35.5. The van der Waals surface area contributed by atoms with Crippen LogP contribution in [0.3, 0.4) is 0 Å². The maximum Gasteiger partial charge on any atom is 0.271 e. The summed E-state index contributed by atoms with van der Waals surface area (Å²) in [6.45, 7) is 1.48. The minimum absolute atomic E-state index is 0.0185. The summed E-state index contributed by atoms with van der Waals surface area (Å²) in [4.78, 5) is 9.96. The quantitative estimate of drug-likeness (QED) is 0.557. The summed E-state index contributed by atoms with van der Waals surface area (Å²) in [5.41, 5.74) is -0.372. The zero-order valence-electron chi connectivity index (χ0n) is 13.3. The number of rotatable bonds is 6. The Kier molecular flexibility index (Phi) is 5.48. The summed E-state index contributed by atoms with van der Waals surface area (Å²) >= 11 is 6.02. The Morgan fingerprint density at radius 2 is 1.96 bits per heavy atom. The number of nitrogens with zero attached hydrogens (tertiary/aromatic N) is 2. The number of sulfonamides is 1. The van der Waals surface area contributed by atoms with E-state index in [2.05, 4.69) is 0 Å². The van der Waals surface area contributed by atoms with Gasteiger partial charge in [-0.05, 0) is 31.2 Å². The van der Waals surface area contributed by atoms with Crippen molar-refractivity contribution in [2.75, 3.05) is 18.0 Å². The molecule has 134 valence electrons. The van der Waals surface area contributed by atoms with Gasteiger partial charge in [0.25, 0.3) is 15.7 Å². The van der Waals surface area contributed by atoms with Crippen LogP contribution in [0.25, 0.3) is 0 Å². The van der Waals surface area contributed by atoms with Gasteiger partial charge in [0.15, 0.2) is 11.6 Å². The van der Waals surface area contributed by atoms with Crippen LogP contribution in [-0.4, -0.2) is 27.0 Å². The zero-order valence-corrected chi connectivity index (χ0v) is 14.8. The second kappa shape index (κ2) is 7.24. The third kappa shape index (κ3) is 3.67. The van der Waals surface area contributed by atoms with E-state index in [0.29, 0.717) is 0 Å². The van der Waals surface area contributed by atoms with Gasteiger partial charge in [-0.2, -0.15) is 0 Å². The van der Waals surface area contributed by atoms with E-state index >= 15 is 0 Å². The highest BCUT2D eigenvalue weighted by Gasteiger charge is 2.27. The zero-order chi connectivity index (χ0) is 18.8. The SMILES string of the molecule is CCN(c1cc([N+](=O)[O-])ccc1Cl)S(=O)(=O)c1ccc(OC)c(F)c1. The number of hydrogen-bond donors (Lipinski definition) is 0. The molecule has 0 atom stereocenters. The average Bonchev–Trinajstić information content (AvgIpc) is 2.56. The molecule has 0 saturated carbocycles. The van der Waals surface area contributed by atoms with Crippen LogP contribution in [0.1, 0.15) is 6.92 Å². The smallest absolute Gasteiger partial charge is 0.271 e. The molecule has 0 aliphatic heterocycles. The van der Waals surface area contributed by atoms with Crippen molar-refractivity contribution in [3.8, 4) is 5.75 Å². The number of nitro benzene ring substituents is 1. The molecule has 0 fully saturated rings. The van der Waals surface area contributed by atoms with Gasteiger partial charge < -0.3 is 4.74 Å². The van der Waals surface area contributed by atoms with E-state index in [1.165, 1.54) is 38.3 Å². The molecule has 10 heteroatoms. The first-order chi connectivity index (χ1) is 11.7. The Morgan fingerprint density at radius 1 is 1.28 bits per heavy atom. The first kappa shape index (κ1) is 18.9. The highest BCUT2D eigenvalue weighted by Crippen LogP contribution is 2.34. The largest absolute Gasteiger partial charge is 0.494 e. The molecule has 2 rings (SSSR count). The summed E-state index contributed by atoms with van der Waals surface area (Å²) in [7, 11) is -2.93. The number of hydrogen-bond acceptors (Lipinski definition) is 5. The van der Waals surface area contributed by atoms with Gasteiger partial charge in [0.05, 0.1) is 27.6 Å². The Bertz CT molecular complexity index is 920. The van der Waals surface area contributed by atoms with E-state index in [4.69, 9.17) is 16.3 Å². The van der Waals surface area contributed by atoms with Crippen molar-refractivity contribution in [1.29, 1.82) is 0 Å². The molecule has 0 amide bonds. The molecule has 0 heterocycles. The first-order valence-corrected chi connectivity index (χ1v) is 8.84. The number of non-ortho nitro benzene ring substituents is 1. The van der Waals surface area contributed by atoms with Crippen molar-refractivity contribution in [2.45, 2.75) is 11.8 Å². The third-order valence-electron chi connectivity index (χ3n) is 3.41. The van der Waals surface area contributed by atoms with Crippen LogP contribution >= 0.6 is 11.6 Å². The molecule has 2 aromatic rings. The van der Waals surface area contributed by atoms with Crippen LogP contribution < -0.4 is 9.04 Å². The molecule has 0 radical (unpaired) electrons. The van der Waals surface area contributed by atoms with Gasteiger partial charge >= 0.3 is 0 Å². The van der Waals surface area contributed by atoms with E-state index in [-0.39, 0.29) is 33.6 Å². The molecule has 2 aromatic carbocycles. The molecule has 0 spiro atoms. The number of anilines is 1. The van der Waals surface area contributed by atoms with Crippen LogP contribution in [0.15, 0.2) is 41.3 Å². The van der Waals surface area contributed by atoms with Crippen LogP contribution in [0, 0.1) is 15.9 Å². The predicted octanol–water partition coefficient (Wildman–Crippen LogP) is 3.61. The maximum absolute atomic E-state index is 13.9. The second-order valence-corrected chi connectivity index (χ2v) is 7.13. The van der Waals surface area contributed by atoms with Gasteiger partial charge in [0, 0.05) is 18.7 Å². The lowest BCUT2D eigenvalue weighted by atomic mass is 10.3. The van der Waals surface area contributed by atoms with Crippen molar-refractivity contribution < 1.29 is 22.5 Å². The molecule has 0 aliphatic rings. The Labute approximate surface area is 148 Å². The fraction of sp³-hybridized carbons (Fsp3) is 0.200. The molecule has 0 N–H and O–H groups in total. The molecular formula is C15H14ClFN2O5S. The summed E-state index contributed by atoms with van der Waals surface area (Å²) < 4.78 is 45.2. The second-order valence-electron chi connectivity index (χ2n) is 4.86. The lowest BCUT2D eigenvalue weighted by Crippen LogP contribution is -2.31. The molecule has 0 saturated heterocycles. The van der Waals surface area contributed by atoms with E-state index in [1.807, 2.05) is 0 Å². The average molecular weight is 389 g/mol. The monoisotopic (exact) mass is 388 g/mol. The number of halogens is 2. The van der Waals surface area contributed by atoms with Gasteiger partial charge in [-0.3, -0.25) is 14.4 Å². The van der Waals surface area contributed by atoms with Crippen molar-refractivity contribution in [3.05, 3.63) is 57.4 Å². The lowest BCUT2D eigenvalue weighted by Gasteiger charge is -2.24. The van der Waals surface area contributed by atoms with E-state index in [9.17, 15) is 22.9 Å². The number of nitro groups is 1. The lowest BCUT2D eigenvalue weighted by molar-refractivity contribution is -0.384. The van der Waals surface area contributed by atoms with Crippen molar-refractivity contribution >= 4 is 33.0 Å². The maximum atomic E-state index is 13.9. The summed E-state index contributed by atoms with van der Waals surface area (Å²) in [5.74, 6) is -0.944. The van der Waals surface area contributed by atoms with Crippen molar-refractivity contribution in [3.63, 3.8) is 0 Å². The van der Waals surface area contributed by atoms with Gasteiger partial charge in [0.2, 0.25) is 0 Å². The van der Waals surface area contributed by atoms with Crippen LogP contribution in [0.2, 0.25) is 5.02 Å². The van der Waals surface area contributed by atoms with E-state index in [1.54, 1.807) is 0 Å². The van der Waals surface area contributed by atoms with Crippen LogP contribution in [0.5, 0.6) is 5.75 Å². The Morgan fingerprint density at radius 3 is 2.48 bits per heavy atom. The van der Waals surface area contributed by atoms with Crippen molar-refractivity contribution in [1.82, 2.24) is 0 Å². The molecular weight excluding hydrogens is 375 g/mol. The van der Waals surface area contributed by atoms with Crippen molar-refractivity contribution in [2.24, 2.45) is 0 Å². The van der Waals surface area contributed by atoms with Gasteiger partial charge in [-0.1, -0.05) is 11.6 Å². The highest BCUT2D eigenvalue weighted by molar-refractivity contribution is 7.92. The number of methoxy groups -OCH3 is 1. The first-order valence-electron chi connectivity index (χ1n) is 7.02. The van der Waals surface area contributed by atoms with Gasteiger partial charge in [-0.25, -0.2) is 12.8 Å². The van der Waals surface area contributed by atoms with E-state index in [0.717, 1.165) is 16.4 Å². The van der Waals surface area contributed by atoms with Crippen LogP contribution in [-0.2, 0) is 10.0 Å². The van der Waals surface area contributed by atoms with Gasteiger partial charge in [-0.15, -0.1) is 0 Å². The molecule has 7 nitrogen and oxygen atoms in total. The third-order valence-corrected chi connectivity index (χ3v) is 5.61. The minimum atomic E-state index is -4.19. The fourth-order valence-corrected chi connectivity index (χ4v) is 3.98. The number of benzene rings is 2. The molecule has 0 aliphatic carbocycles. The molecule has 25 heavy (non-hydrogen) atoms. The summed E-state index contributed by atoms with van der Waals surface area (Å²) in [6, 6.07) is 6.66. The number of ether oxygens (including phenoxy) is 1. The van der Waals surface area contributed by atoms with Gasteiger partial charge in [0.1, 0.15) is 0 Å². The topological polar surface area (TPSA) is 89.8 Å². The summed E-state index contributed by atoms with van der Waals surface area (Å²) in [6.07, 6.45) is 0. The van der Waals surface area contributed by atoms with Crippen LogP contribution in [0.4, 0.5) is 15.8 Å². The predicted molar refractivity (Wildman–Crippen MR) is 91.3 cm³/mol. The molecule has 0 aromatic heterocycles. The fourth-order valence-electron chi connectivity index (χ4n) is 2.21. The normalized spacial score (nSPS) is 11.2.